The van der Waals surface area contributed by atoms with Crippen LogP contribution in [0.15, 0.2) is 97.2 Å². The second-order valence-electron chi connectivity index (χ2n) is 23.1. The summed E-state index contributed by atoms with van der Waals surface area (Å²) in [5.74, 6) is -0.803. The molecule has 0 bridgehead atoms. The number of phosphoric ester groups is 1. The number of phosphoric acid groups is 1. The standard InChI is InChI=1S/C70H124NO8P/c1-6-8-10-12-14-16-18-20-22-24-26-28-30-32-34-35-37-38-40-42-44-46-48-50-52-54-56-58-60-62-69(72)76-66-68(67-78-80(74,75)77-65-64-71(3,4)5)79-70(73)63-61-59-57-55-53-51-49-47-45-43-41-39-36-33-31-29-27-25-23-21-19-17-15-13-11-9-7-2/h9,11,15,17-18,20-21,23-24,26-27,29,33,36,41,43,68H,6-8,10,12-14,16,19,22,25,28,30-32,34-35,37-40,42,44-67H2,1-5H3/p+1/b11-9-,17-15-,20-18-,23-21-,26-24-,29-27-,36-33-,43-41-. The molecule has 0 saturated carbocycles. The Morgan fingerprint density at radius 1 is 0.400 bits per heavy atom. The molecule has 9 nitrogen and oxygen atoms in total. The smallest absolute Gasteiger partial charge is 0.462 e. The van der Waals surface area contributed by atoms with Crippen molar-refractivity contribution in [2.24, 2.45) is 0 Å². The third-order valence-corrected chi connectivity index (χ3v) is 15.1. The van der Waals surface area contributed by atoms with Gasteiger partial charge in [-0.05, 0) is 96.3 Å². The molecule has 0 aliphatic heterocycles. The first-order valence-electron chi connectivity index (χ1n) is 33.0. The van der Waals surface area contributed by atoms with Gasteiger partial charge >= 0.3 is 19.8 Å². The van der Waals surface area contributed by atoms with Gasteiger partial charge in [-0.3, -0.25) is 18.6 Å². The molecule has 2 unspecified atom stereocenters. The number of ether oxygens (including phenoxy) is 2. The van der Waals surface area contributed by atoms with Crippen molar-refractivity contribution in [2.75, 3.05) is 47.5 Å². The number of hydrogen-bond donors (Lipinski definition) is 1. The number of unbranched alkanes of at least 4 members (excludes halogenated alkanes) is 30. The van der Waals surface area contributed by atoms with Gasteiger partial charge in [0.15, 0.2) is 6.10 Å². The molecular weight excluding hydrogens is 1010 g/mol. The van der Waals surface area contributed by atoms with Gasteiger partial charge in [-0.1, -0.05) is 272 Å². The van der Waals surface area contributed by atoms with E-state index in [0.717, 1.165) is 89.9 Å². The van der Waals surface area contributed by atoms with Crippen LogP contribution in [-0.2, 0) is 32.7 Å². The van der Waals surface area contributed by atoms with Crippen LogP contribution in [0.3, 0.4) is 0 Å². The monoisotopic (exact) mass is 1140 g/mol. The van der Waals surface area contributed by atoms with Crippen LogP contribution in [0.2, 0.25) is 0 Å². The largest absolute Gasteiger partial charge is 0.472 e. The van der Waals surface area contributed by atoms with E-state index < -0.39 is 26.5 Å². The van der Waals surface area contributed by atoms with Gasteiger partial charge in [0.05, 0.1) is 27.7 Å². The van der Waals surface area contributed by atoms with Crippen molar-refractivity contribution in [2.45, 2.75) is 290 Å². The third-order valence-electron chi connectivity index (χ3n) is 14.1. The molecule has 80 heavy (non-hydrogen) atoms. The van der Waals surface area contributed by atoms with Crippen LogP contribution in [0.25, 0.3) is 0 Å². The molecule has 0 aromatic carbocycles. The van der Waals surface area contributed by atoms with Crippen LogP contribution in [0.5, 0.6) is 0 Å². The van der Waals surface area contributed by atoms with Crippen molar-refractivity contribution in [1.82, 2.24) is 0 Å². The molecule has 0 fully saturated rings. The maximum Gasteiger partial charge on any atom is 0.472 e. The Morgan fingerprint density at radius 2 is 0.713 bits per heavy atom. The van der Waals surface area contributed by atoms with Crippen LogP contribution in [0, 0.1) is 0 Å². The highest BCUT2D eigenvalue weighted by molar-refractivity contribution is 7.47. The van der Waals surface area contributed by atoms with Gasteiger partial charge in [-0.25, -0.2) is 4.57 Å². The number of nitrogens with zero attached hydrogens (tertiary/aromatic N) is 1. The Kier molecular flexibility index (Phi) is 58.2. The predicted molar refractivity (Wildman–Crippen MR) is 344 cm³/mol. The highest BCUT2D eigenvalue weighted by Gasteiger charge is 2.27. The quantitative estimate of drug-likeness (QED) is 0.0211. The minimum Gasteiger partial charge on any atom is -0.462 e. The molecule has 462 valence electrons. The van der Waals surface area contributed by atoms with Crippen molar-refractivity contribution in [3.63, 3.8) is 0 Å². The van der Waals surface area contributed by atoms with Crippen LogP contribution in [0.4, 0.5) is 0 Å². The van der Waals surface area contributed by atoms with E-state index >= 15 is 0 Å². The van der Waals surface area contributed by atoms with E-state index in [4.69, 9.17) is 18.5 Å². The summed E-state index contributed by atoms with van der Waals surface area (Å²) in [6.45, 7) is 4.32. The molecule has 10 heteroatoms. The fraction of sp³-hybridized carbons (Fsp3) is 0.743. The van der Waals surface area contributed by atoms with Crippen molar-refractivity contribution in [3.05, 3.63) is 97.2 Å². The van der Waals surface area contributed by atoms with Crippen LogP contribution in [0.1, 0.15) is 284 Å². The average Bonchev–Trinajstić information content (AvgIpc) is 3.42. The van der Waals surface area contributed by atoms with Gasteiger partial charge < -0.3 is 18.9 Å². The number of likely N-dealkylation sites (N-methyl/N-ethyl adjacent to an activating group) is 1. The molecule has 0 rings (SSSR count). The first-order valence-corrected chi connectivity index (χ1v) is 34.5. The van der Waals surface area contributed by atoms with Crippen LogP contribution in [-0.4, -0.2) is 74.9 Å². The van der Waals surface area contributed by atoms with Gasteiger partial charge in [0.2, 0.25) is 0 Å². The fourth-order valence-corrected chi connectivity index (χ4v) is 9.79. The second-order valence-corrected chi connectivity index (χ2v) is 24.6. The van der Waals surface area contributed by atoms with Gasteiger partial charge in [0.25, 0.3) is 0 Å². The van der Waals surface area contributed by atoms with E-state index in [-0.39, 0.29) is 32.0 Å². The zero-order chi connectivity index (χ0) is 58.4. The minimum absolute atomic E-state index is 0.0264. The number of hydrogen-bond acceptors (Lipinski definition) is 7. The lowest BCUT2D eigenvalue weighted by molar-refractivity contribution is -0.870. The summed E-state index contributed by atoms with van der Waals surface area (Å²) in [5, 5.41) is 0. The second kappa shape index (κ2) is 60.5. The van der Waals surface area contributed by atoms with Crippen molar-refractivity contribution in [1.29, 1.82) is 0 Å². The molecule has 0 aliphatic carbocycles. The number of quaternary nitrogens is 1. The summed E-state index contributed by atoms with van der Waals surface area (Å²) in [6, 6.07) is 0. The topological polar surface area (TPSA) is 108 Å². The Morgan fingerprint density at radius 3 is 1.06 bits per heavy atom. The number of carbonyl (C=O) groups excluding carboxylic acids is 2. The zero-order valence-electron chi connectivity index (χ0n) is 52.5. The first kappa shape index (κ1) is 76.9. The lowest BCUT2D eigenvalue weighted by Crippen LogP contribution is -2.37. The van der Waals surface area contributed by atoms with E-state index in [1.54, 1.807) is 0 Å². The van der Waals surface area contributed by atoms with E-state index in [9.17, 15) is 19.0 Å². The zero-order valence-corrected chi connectivity index (χ0v) is 53.4. The lowest BCUT2D eigenvalue weighted by atomic mass is 10.0. The van der Waals surface area contributed by atoms with E-state index in [1.807, 2.05) is 21.1 Å². The molecule has 0 radical (unpaired) electrons. The van der Waals surface area contributed by atoms with Gasteiger partial charge in [0.1, 0.15) is 19.8 Å². The molecule has 0 aromatic heterocycles. The molecule has 1 N–H and O–H groups in total. The number of rotatable bonds is 60. The third kappa shape index (κ3) is 64.1. The molecule has 0 heterocycles. The van der Waals surface area contributed by atoms with Crippen molar-refractivity contribution in [3.8, 4) is 0 Å². The molecule has 0 aliphatic rings. The highest BCUT2D eigenvalue weighted by Crippen LogP contribution is 2.43. The highest BCUT2D eigenvalue weighted by atomic mass is 31.2. The summed E-state index contributed by atoms with van der Waals surface area (Å²) < 4.78 is 34.7. The minimum atomic E-state index is -4.40. The van der Waals surface area contributed by atoms with E-state index in [0.29, 0.717) is 17.4 Å². The van der Waals surface area contributed by atoms with Gasteiger partial charge in [0, 0.05) is 12.8 Å². The maximum absolute atomic E-state index is 12.9. The molecular formula is C70H125NO8P+. The van der Waals surface area contributed by atoms with E-state index in [2.05, 4.69) is 111 Å². The molecule has 0 spiro atoms. The van der Waals surface area contributed by atoms with Crippen LogP contribution < -0.4 is 0 Å². The van der Waals surface area contributed by atoms with Gasteiger partial charge in [-0.15, -0.1) is 0 Å². The lowest BCUT2D eigenvalue weighted by Gasteiger charge is -2.24. The normalized spacial score (nSPS) is 13.8. The molecule has 0 saturated heterocycles. The SMILES string of the molecule is CC/C=C\C/C=C\C/C=C\C/C=C\C/C=C\C/C=C\CCCCCCCCCCC(=O)OC(COC(=O)CCCCCCCCCCCCCCCCCCC/C=C\C/C=C\CCCCCCC)COP(=O)(O)OCC[N+](C)(C)C. The number of allylic oxidation sites excluding steroid dienone is 16. The summed E-state index contributed by atoms with van der Waals surface area (Å²) in [7, 11) is 1.47. The Bertz CT molecular complexity index is 1670. The Labute approximate surface area is 493 Å². The Hall–Kier alpha value is -3.07. The van der Waals surface area contributed by atoms with Gasteiger partial charge in [-0.2, -0.15) is 0 Å². The Balaban J connectivity index is 4.11. The summed E-state index contributed by atoms with van der Waals surface area (Å²) in [6.07, 6.45) is 83.5. The maximum atomic E-state index is 12.9. The summed E-state index contributed by atoms with van der Waals surface area (Å²) in [4.78, 5) is 35.8. The number of carbonyl (C=O) groups is 2. The summed E-state index contributed by atoms with van der Waals surface area (Å²) in [5.41, 5.74) is 0. The average molecular weight is 1140 g/mol. The predicted octanol–water partition coefficient (Wildman–Crippen LogP) is 21.2. The van der Waals surface area contributed by atoms with E-state index in [1.165, 1.54) is 161 Å². The summed E-state index contributed by atoms with van der Waals surface area (Å²) >= 11 is 0. The number of esters is 2. The molecule has 2 atom stereocenters. The molecule has 0 aromatic rings. The van der Waals surface area contributed by atoms with Crippen LogP contribution >= 0.6 is 7.82 Å². The first-order chi connectivity index (χ1) is 39.0. The van der Waals surface area contributed by atoms with Crippen molar-refractivity contribution < 1.29 is 42.1 Å². The molecule has 0 amide bonds. The van der Waals surface area contributed by atoms with Crippen molar-refractivity contribution >= 4 is 19.8 Å². The fourth-order valence-electron chi connectivity index (χ4n) is 9.05.